The molecule has 1 atom stereocenters. The van der Waals surface area contributed by atoms with E-state index in [1.54, 1.807) is 11.6 Å². The van der Waals surface area contributed by atoms with Gasteiger partial charge in [-0.1, -0.05) is 6.92 Å². The summed E-state index contributed by atoms with van der Waals surface area (Å²) in [6.45, 7) is 3.62. The predicted octanol–water partition coefficient (Wildman–Crippen LogP) is 2.81. The van der Waals surface area contributed by atoms with E-state index in [0.717, 1.165) is 23.9 Å². The summed E-state index contributed by atoms with van der Waals surface area (Å²) in [4.78, 5) is 0. The lowest BCUT2D eigenvalue weighted by molar-refractivity contribution is 0.544. The van der Waals surface area contributed by atoms with Gasteiger partial charge in [0, 0.05) is 36.8 Å². The van der Waals surface area contributed by atoms with Gasteiger partial charge in [0.1, 0.15) is 11.6 Å². The van der Waals surface area contributed by atoms with E-state index in [-0.39, 0.29) is 0 Å². The maximum absolute atomic E-state index is 13.8. The van der Waals surface area contributed by atoms with Crippen molar-refractivity contribution in [3.05, 3.63) is 52.3 Å². The fraction of sp³-hybridized carbons (Fsp3) is 0.400. The van der Waals surface area contributed by atoms with Gasteiger partial charge in [-0.2, -0.15) is 5.10 Å². The first-order valence-corrected chi connectivity index (χ1v) is 6.65. The minimum Gasteiger partial charge on any atom is -0.324 e. The largest absolute Gasteiger partial charge is 0.324 e. The molecule has 0 bridgehead atoms. The SMILES string of the molecule is CCc1cc(CC(N)c2cc(C)c(F)cc2F)n(C)n1. The second-order valence-corrected chi connectivity index (χ2v) is 5.04. The van der Waals surface area contributed by atoms with Gasteiger partial charge in [-0.15, -0.1) is 0 Å². The van der Waals surface area contributed by atoms with Crippen LogP contribution in [0.2, 0.25) is 0 Å². The summed E-state index contributed by atoms with van der Waals surface area (Å²) in [5.74, 6) is -1.15. The number of aromatic nitrogens is 2. The smallest absolute Gasteiger partial charge is 0.130 e. The Hall–Kier alpha value is -1.75. The van der Waals surface area contributed by atoms with Crippen molar-refractivity contribution in [3.8, 4) is 0 Å². The molecule has 0 aliphatic heterocycles. The molecule has 0 amide bonds. The van der Waals surface area contributed by atoms with Crippen LogP contribution >= 0.6 is 0 Å². The third kappa shape index (κ3) is 2.88. The molecule has 0 saturated carbocycles. The molecular weight excluding hydrogens is 260 g/mol. The zero-order valence-corrected chi connectivity index (χ0v) is 12.0. The molecule has 0 spiro atoms. The summed E-state index contributed by atoms with van der Waals surface area (Å²) in [5, 5.41) is 4.34. The number of hydrogen-bond acceptors (Lipinski definition) is 2. The number of rotatable bonds is 4. The molecule has 2 N–H and O–H groups in total. The predicted molar refractivity (Wildman–Crippen MR) is 74.3 cm³/mol. The van der Waals surface area contributed by atoms with Crippen LogP contribution in [-0.4, -0.2) is 9.78 Å². The van der Waals surface area contributed by atoms with Gasteiger partial charge in [0.25, 0.3) is 0 Å². The summed E-state index contributed by atoms with van der Waals surface area (Å²) < 4.78 is 28.8. The van der Waals surface area contributed by atoms with Crippen LogP contribution in [0.4, 0.5) is 8.78 Å². The van der Waals surface area contributed by atoms with E-state index in [0.29, 0.717) is 17.5 Å². The first-order valence-electron chi connectivity index (χ1n) is 6.65. The number of aryl methyl sites for hydroxylation is 3. The Labute approximate surface area is 117 Å². The molecule has 2 rings (SSSR count). The number of benzene rings is 1. The molecule has 20 heavy (non-hydrogen) atoms. The fourth-order valence-corrected chi connectivity index (χ4v) is 2.23. The van der Waals surface area contributed by atoms with Crippen LogP contribution in [-0.2, 0) is 19.9 Å². The van der Waals surface area contributed by atoms with Crippen molar-refractivity contribution < 1.29 is 8.78 Å². The lowest BCUT2D eigenvalue weighted by atomic mass is 10.00. The average Bonchev–Trinajstić information content (AvgIpc) is 2.74. The van der Waals surface area contributed by atoms with E-state index in [1.165, 1.54) is 6.07 Å². The molecule has 0 saturated heterocycles. The molecule has 108 valence electrons. The zero-order valence-electron chi connectivity index (χ0n) is 12.0. The maximum atomic E-state index is 13.8. The van der Waals surface area contributed by atoms with Gasteiger partial charge in [-0.3, -0.25) is 4.68 Å². The molecule has 2 aromatic rings. The molecule has 1 unspecified atom stereocenters. The van der Waals surface area contributed by atoms with Gasteiger partial charge in [0.05, 0.1) is 5.69 Å². The summed E-state index contributed by atoms with van der Waals surface area (Å²) >= 11 is 0. The quantitative estimate of drug-likeness (QED) is 0.935. The van der Waals surface area contributed by atoms with E-state index < -0.39 is 17.7 Å². The lowest BCUT2D eigenvalue weighted by Crippen LogP contribution is -2.17. The molecule has 1 aromatic heterocycles. The average molecular weight is 279 g/mol. The van der Waals surface area contributed by atoms with Gasteiger partial charge < -0.3 is 5.73 Å². The Morgan fingerprint density at radius 1 is 1.25 bits per heavy atom. The van der Waals surface area contributed by atoms with E-state index in [4.69, 9.17) is 5.73 Å². The summed E-state index contributed by atoms with van der Waals surface area (Å²) in [7, 11) is 1.84. The van der Waals surface area contributed by atoms with Crippen molar-refractivity contribution >= 4 is 0 Å². The topological polar surface area (TPSA) is 43.8 Å². The Balaban J connectivity index is 2.25. The molecule has 3 nitrogen and oxygen atoms in total. The van der Waals surface area contributed by atoms with Crippen LogP contribution < -0.4 is 5.73 Å². The maximum Gasteiger partial charge on any atom is 0.130 e. The number of nitrogens with two attached hydrogens (primary N) is 1. The Morgan fingerprint density at radius 3 is 2.55 bits per heavy atom. The van der Waals surface area contributed by atoms with Crippen LogP contribution in [0.1, 0.15) is 35.5 Å². The van der Waals surface area contributed by atoms with Crippen LogP contribution in [0, 0.1) is 18.6 Å². The number of hydrogen-bond donors (Lipinski definition) is 1. The minimum absolute atomic E-state index is 0.336. The molecular formula is C15H19F2N3. The van der Waals surface area contributed by atoms with Crippen molar-refractivity contribution in [1.82, 2.24) is 9.78 Å². The van der Waals surface area contributed by atoms with Crippen molar-refractivity contribution in [2.75, 3.05) is 0 Å². The van der Waals surface area contributed by atoms with E-state index in [2.05, 4.69) is 5.10 Å². The molecule has 0 aliphatic rings. The van der Waals surface area contributed by atoms with Crippen LogP contribution in [0.3, 0.4) is 0 Å². The van der Waals surface area contributed by atoms with Gasteiger partial charge >= 0.3 is 0 Å². The molecule has 0 fully saturated rings. The normalized spacial score (nSPS) is 12.7. The molecule has 1 heterocycles. The fourth-order valence-electron chi connectivity index (χ4n) is 2.23. The number of nitrogens with zero attached hydrogens (tertiary/aromatic N) is 2. The first-order chi connectivity index (χ1) is 9.42. The highest BCUT2D eigenvalue weighted by atomic mass is 19.1. The number of halogens is 2. The van der Waals surface area contributed by atoms with E-state index in [1.807, 2.05) is 20.0 Å². The molecule has 0 radical (unpaired) electrons. The third-order valence-electron chi connectivity index (χ3n) is 3.50. The van der Waals surface area contributed by atoms with Crippen molar-refractivity contribution in [2.45, 2.75) is 32.7 Å². The molecule has 0 aliphatic carbocycles. The second kappa shape index (κ2) is 5.71. The van der Waals surface area contributed by atoms with Crippen LogP contribution in [0.15, 0.2) is 18.2 Å². The van der Waals surface area contributed by atoms with Crippen LogP contribution in [0.25, 0.3) is 0 Å². The lowest BCUT2D eigenvalue weighted by Gasteiger charge is -2.14. The summed E-state index contributed by atoms with van der Waals surface area (Å²) in [6, 6.07) is 3.82. The Kier molecular flexibility index (Phi) is 4.18. The first kappa shape index (κ1) is 14.7. The molecule has 5 heteroatoms. The standard InChI is InChI=1S/C15H19F2N3/c1-4-10-6-11(20(3)19-10)7-15(18)12-5-9(2)13(16)8-14(12)17/h5-6,8,15H,4,7,18H2,1-3H3. The highest BCUT2D eigenvalue weighted by molar-refractivity contribution is 5.29. The van der Waals surface area contributed by atoms with Crippen molar-refractivity contribution in [2.24, 2.45) is 12.8 Å². The van der Waals surface area contributed by atoms with Gasteiger partial charge in [0.2, 0.25) is 0 Å². The van der Waals surface area contributed by atoms with Crippen molar-refractivity contribution in [1.29, 1.82) is 0 Å². The second-order valence-electron chi connectivity index (χ2n) is 5.04. The highest BCUT2D eigenvalue weighted by Crippen LogP contribution is 2.22. The van der Waals surface area contributed by atoms with Crippen LogP contribution in [0.5, 0.6) is 0 Å². The monoisotopic (exact) mass is 279 g/mol. The Morgan fingerprint density at radius 2 is 1.95 bits per heavy atom. The van der Waals surface area contributed by atoms with E-state index >= 15 is 0 Å². The van der Waals surface area contributed by atoms with E-state index in [9.17, 15) is 8.78 Å². The van der Waals surface area contributed by atoms with Gasteiger partial charge in [-0.25, -0.2) is 8.78 Å². The summed E-state index contributed by atoms with van der Waals surface area (Å²) in [5.41, 5.74) is 8.72. The summed E-state index contributed by atoms with van der Waals surface area (Å²) in [6.07, 6.45) is 1.30. The van der Waals surface area contributed by atoms with Gasteiger partial charge in [-0.05, 0) is 31.0 Å². The van der Waals surface area contributed by atoms with Gasteiger partial charge in [0.15, 0.2) is 0 Å². The minimum atomic E-state index is -0.599. The Bertz CT molecular complexity index is 620. The van der Waals surface area contributed by atoms with Crippen molar-refractivity contribution in [3.63, 3.8) is 0 Å². The zero-order chi connectivity index (χ0) is 14.9. The molecule has 1 aromatic carbocycles. The third-order valence-corrected chi connectivity index (χ3v) is 3.50. The highest BCUT2D eigenvalue weighted by Gasteiger charge is 2.16.